The molecule has 2 heterocycles. The van der Waals surface area contributed by atoms with Crippen LogP contribution in [0.2, 0.25) is 0 Å². The zero-order valence-electron chi connectivity index (χ0n) is 13.7. The second-order valence-electron chi connectivity index (χ2n) is 7.75. The van der Waals surface area contributed by atoms with E-state index in [2.05, 4.69) is 33.4 Å². The normalized spacial score (nSPS) is 46.3. The average Bonchev–Trinajstić information content (AvgIpc) is 2.80. The summed E-state index contributed by atoms with van der Waals surface area (Å²) in [5.74, 6) is 2.24. The van der Waals surface area contributed by atoms with Crippen molar-refractivity contribution in [3.8, 4) is 0 Å². The van der Waals surface area contributed by atoms with Crippen LogP contribution in [0.5, 0.6) is 0 Å². The molecule has 1 N–H and O–H groups in total. The van der Waals surface area contributed by atoms with Gasteiger partial charge in [0.15, 0.2) is 0 Å². The van der Waals surface area contributed by atoms with Crippen LogP contribution in [0.15, 0.2) is 23.8 Å². The maximum Gasteiger partial charge on any atom is 0.0875 e. The molecule has 0 aromatic heterocycles. The van der Waals surface area contributed by atoms with Crippen molar-refractivity contribution in [1.29, 1.82) is 0 Å². The highest BCUT2D eigenvalue weighted by Crippen LogP contribution is 2.52. The molecule has 2 heteroatoms. The predicted molar refractivity (Wildman–Crippen MR) is 86.0 cm³/mol. The smallest absolute Gasteiger partial charge is 0.0875 e. The van der Waals surface area contributed by atoms with Crippen molar-refractivity contribution in [1.82, 2.24) is 0 Å². The summed E-state index contributed by atoms with van der Waals surface area (Å²) in [4.78, 5) is 0. The number of aliphatic hydroxyl groups excluding tert-OH is 1. The molecule has 0 spiro atoms. The summed E-state index contributed by atoms with van der Waals surface area (Å²) in [5, 5.41) is 10.7. The van der Waals surface area contributed by atoms with E-state index >= 15 is 0 Å². The van der Waals surface area contributed by atoms with Gasteiger partial charge in [-0.05, 0) is 56.8 Å². The molecule has 1 aliphatic carbocycles. The van der Waals surface area contributed by atoms with Crippen LogP contribution in [0.3, 0.4) is 0 Å². The molecular weight excluding hydrogens is 260 g/mol. The van der Waals surface area contributed by atoms with E-state index in [0.29, 0.717) is 23.7 Å². The molecule has 2 aliphatic heterocycles. The van der Waals surface area contributed by atoms with Crippen molar-refractivity contribution >= 4 is 0 Å². The molecule has 2 fully saturated rings. The van der Waals surface area contributed by atoms with E-state index < -0.39 is 0 Å². The lowest BCUT2D eigenvalue weighted by atomic mass is 9.62. The largest absolute Gasteiger partial charge is 0.390 e. The Morgan fingerprint density at radius 3 is 2.81 bits per heavy atom. The number of allylic oxidation sites excluding steroid dienone is 1. The van der Waals surface area contributed by atoms with Crippen molar-refractivity contribution in [3.63, 3.8) is 0 Å². The maximum atomic E-state index is 10.7. The zero-order chi connectivity index (χ0) is 15.1. The van der Waals surface area contributed by atoms with Crippen LogP contribution >= 0.6 is 0 Å². The number of rotatable bonds is 1. The molecular formula is C19H30O2. The Kier molecular flexibility index (Phi) is 4.29. The van der Waals surface area contributed by atoms with Gasteiger partial charge in [-0.2, -0.15) is 0 Å². The average molecular weight is 290 g/mol. The third-order valence-electron chi connectivity index (χ3n) is 6.01. The highest BCUT2D eigenvalue weighted by molar-refractivity contribution is 5.18. The van der Waals surface area contributed by atoms with Crippen LogP contribution in [0, 0.1) is 23.7 Å². The quantitative estimate of drug-likeness (QED) is 0.737. The molecule has 3 rings (SSSR count). The van der Waals surface area contributed by atoms with Gasteiger partial charge in [-0.25, -0.2) is 0 Å². The van der Waals surface area contributed by atoms with Gasteiger partial charge >= 0.3 is 0 Å². The van der Waals surface area contributed by atoms with Gasteiger partial charge in [-0.3, -0.25) is 0 Å². The van der Waals surface area contributed by atoms with Gasteiger partial charge in [0.05, 0.1) is 18.3 Å². The first kappa shape index (κ1) is 15.3. The molecule has 0 amide bonds. The molecule has 0 aromatic carbocycles. The Labute approximate surface area is 129 Å². The van der Waals surface area contributed by atoms with Crippen LogP contribution < -0.4 is 0 Å². The van der Waals surface area contributed by atoms with Gasteiger partial charge in [-0.15, -0.1) is 0 Å². The summed E-state index contributed by atoms with van der Waals surface area (Å²) >= 11 is 0. The molecule has 1 saturated heterocycles. The van der Waals surface area contributed by atoms with Gasteiger partial charge in [-0.1, -0.05) is 37.6 Å². The SMILES string of the molecule is C=C1CC[C@H](C(C)C)[C@H]2[C@@H]3O[C@H](C/C(C)=C\CC[C@@H]3O)[C@@H]12. The van der Waals surface area contributed by atoms with Crippen molar-refractivity contribution in [2.75, 3.05) is 0 Å². The first-order valence-corrected chi connectivity index (χ1v) is 8.66. The molecule has 6 atom stereocenters. The standard InChI is InChI=1S/C19H30O2/c1-11(2)14-9-8-13(4)17-16-10-12(3)6-5-7-15(20)19(21-16)18(14)17/h6,11,14-20H,4-5,7-10H2,1-3H3/b12-6-/t14-,15+,16-,17-,18-,19-/m1/s1. The topological polar surface area (TPSA) is 29.5 Å². The Morgan fingerprint density at radius 2 is 2.10 bits per heavy atom. The first-order valence-electron chi connectivity index (χ1n) is 8.66. The van der Waals surface area contributed by atoms with Gasteiger partial charge < -0.3 is 9.84 Å². The molecule has 0 unspecified atom stereocenters. The van der Waals surface area contributed by atoms with E-state index in [0.717, 1.165) is 25.7 Å². The van der Waals surface area contributed by atoms with Gasteiger partial charge in [0.1, 0.15) is 0 Å². The van der Waals surface area contributed by atoms with Crippen LogP contribution in [0.1, 0.15) is 52.9 Å². The molecule has 1 saturated carbocycles. The van der Waals surface area contributed by atoms with E-state index in [1.807, 2.05) is 0 Å². The van der Waals surface area contributed by atoms with Crippen LogP contribution in [0.4, 0.5) is 0 Å². The molecule has 0 aromatic rings. The first-order chi connectivity index (χ1) is 9.99. The van der Waals surface area contributed by atoms with E-state index in [9.17, 15) is 5.11 Å². The summed E-state index contributed by atoms with van der Waals surface area (Å²) < 4.78 is 6.41. The Balaban J connectivity index is 1.96. The Morgan fingerprint density at radius 1 is 1.33 bits per heavy atom. The maximum absolute atomic E-state index is 10.7. The molecule has 2 bridgehead atoms. The van der Waals surface area contributed by atoms with Crippen LogP contribution in [-0.4, -0.2) is 23.4 Å². The Bertz CT molecular complexity index is 437. The van der Waals surface area contributed by atoms with Crippen molar-refractivity contribution < 1.29 is 9.84 Å². The number of hydrogen-bond acceptors (Lipinski definition) is 2. The van der Waals surface area contributed by atoms with E-state index in [1.165, 1.54) is 17.6 Å². The lowest BCUT2D eigenvalue weighted by Crippen LogP contribution is -2.41. The number of aliphatic hydroxyl groups is 1. The number of hydrogen-bond donors (Lipinski definition) is 1. The van der Waals surface area contributed by atoms with E-state index in [1.54, 1.807) is 0 Å². The highest BCUT2D eigenvalue weighted by atomic mass is 16.5. The number of fused-ring (bicyclic) bond motifs is 5. The molecule has 0 radical (unpaired) electrons. The second-order valence-corrected chi connectivity index (χ2v) is 7.75. The third kappa shape index (κ3) is 2.73. The van der Waals surface area contributed by atoms with E-state index in [-0.39, 0.29) is 18.3 Å². The molecule has 3 aliphatic rings. The Hall–Kier alpha value is -0.600. The van der Waals surface area contributed by atoms with Crippen molar-refractivity contribution in [2.45, 2.75) is 71.2 Å². The summed E-state index contributed by atoms with van der Waals surface area (Å²) in [7, 11) is 0. The molecule has 2 nitrogen and oxygen atoms in total. The predicted octanol–water partition coefficient (Wildman–Crippen LogP) is 4.10. The lowest BCUT2D eigenvalue weighted by Gasteiger charge is -2.41. The van der Waals surface area contributed by atoms with Gasteiger partial charge in [0.25, 0.3) is 0 Å². The lowest BCUT2D eigenvalue weighted by molar-refractivity contribution is -0.0579. The molecule has 118 valence electrons. The third-order valence-corrected chi connectivity index (χ3v) is 6.01. The summed E-state index contributed by atoms with van der Waals surface area (Å²) in [6.07, 6.45) is 7.38. The second kappa shape index (κ2) is 5.89. The van der Waals surface area contributed by atoms with Crippen molar-refractivity contribution in [3.05, 3.63) is 23.8 Å². The summed E-state index contributed by atoms with van der Waals surface area (Å²) in [5.41, 5.74) is 2.78. The summed E-state index contributed by atoms with van der Waals surface area (Å²) in [6.45, 7) is 11.2. The minimum atomic E-state index is -0.322. The fourth-order valence-electron chi connectivity index (χ4n) is 4.95. The van der Waals surface area contributed by atoms with Gasteiger partial charge in [0.2, 0.25) is 0 Å². The highest BCUT2D eigenvalue weighted by Gasteiger charge is 2.53. The monoisotopic (exact) mass is 290 g/mol. The minimum Gasteiger partial charge on any atom is -0.390 e. The molecule has 21 heavy (non-hydrogen) atoms. The van der Waals surface area contributed by atoms with E-state index in [4.69, 9.17) is 4.74 Å². The minimum absolute atomic E-state index is 0.0174. The van der Waals surface area contributed by atoms with Crippen molar-refractivity contribution in [2.24, 2.45) is 23.7 Å². The van der Waals surface area contributed by atoms with Crippen LogP contribution in [-0.2, 0) is 4.74 Å². The fourth-order valence-corrected chi connectivity index (χ4v) is 4.95. The van der Waals surface area contributed by atoms with Gasteiger partial charge in [0, 0.05) is 5.92 Å². The zero-order valence-corrected chi connectivity index (χ0v) is 13.7. The van der Waals surface area contributed by atoms with Crippen LogP contribution in [0.25, 0.3) is 0 Å². The number of ether oxygens (including phenoxy) is 1. The summed E-state index contributed by atoms with van der Waals surface area (Å²) in [6, 6.07) is 0. The fraction of sp³-hybridized carbons (Fsp3) is 0.789.